The van der Waals surface area contributed by atoms with Crippen molar-refractivity contribution in [2.45, 2.75) is 44.8 Å². The minimum atomic E-state index is -0.191. The van der Waals surface area contributed by atoms with E-state index in [1.165, 1.54) is 0 Å². The summed E-state index contributed by atoms with van der Waals surface area (Å²) in [4.78, 5) is 16.9. The molecule has 1 aliphatic carbocycles. The molecule has 24 heavy (non-hydrogen) atoms. The van der Waals surface area contributed by atoms with Crippen LogP contribution >= 0.6 is 0 Å². The van der Waals surface area contributed by atoms with Crippen LogP contribution in [0.5, 0.6) is 5.75 Å². The molecule has 1 saturated carbocycles. The number of hydrogen-bond donors (Lipinski definition) is 1. The van der Waals surface area contributed by atoms with Crippen LogP contribution in [0, 0.1) is 6.92 Å². The van der Waals surface area contributed by atoms with Crippen molar-refractivity contribution in [2.75, 3.05) is 33.3 Å². The van der Waals surface area contributed by atoms with Crippen molar-refractivity contribution in [1.82, 2.24) is 9.80 Å². The Balaban J connectivity index is 1.56. The van der Waals surface area contributed by atoms with Gasteiger partial charge in [0, 0.05) is 37.8 Å². The van der Waals surface area contributed by atoms with Crippen LogP contribution in [0.4, 0.5) is 0 Å². The van der Waals surface area contributed by atoms with Crippen molar-refractivity contribution in [1.29, 1.82) is 0 Å². The third-order valence-corrected chi connectivity index (χ3v) is 5.36. The zero-order valence-corrected chi connectivity index (χ0v) is 14.7. The third kappa shape index (κ3) is 3.73. The number of rotatable bonds is 4. The summed E-state index contributed by atoms with van der Waals surface area (Å²) in [5.41, 5.74) is 2.09. The molecule has 5 heteroatoms. The Labute approximate surface area is 144 Å². The van der Waals surface area contributed by atoms with Crippen LogP contribution in [0.25, 0.3) is 0 Å². The van der Waals surface area contributed by atoms with Crippen molar-refractivity contribution in [2.24, 2.45) is 0 Å². The van der Waals surface area contributed by atoms with E-state index < -0.39 is 0 Å². The molecule has 2 aliphatic rings. The van der Waals surface area contributed by atoms with Crippen molar-refractivity contribution in [3.63, 3.8) is 0 Å². The maximum Gasteiger partial charge on any atom is 0.227 e. The molecule has 1 heterocycles. The first-order chi connectivity index (χ1) is 11.6. The molecule has 1 N–H and O–H groups in total. The highest BCUT2D eigenvalue weighted by atomic mass is 16.5. The molecule has 132 valence electrons. The van der Waals surface area contributed by atoms with E-state index in [2.05, 4.69) is 4.90 Å². The second-order valence-corrected chi connectivity index (χ2v) is 6.97. The van der Waals surface area contributed by atoms with E-state index in [0.717, 1.165) is 62.3 Å². The lowest BCUT2D eigenvalue weighted by atomic mass is 10.1. The molecule has 1 saturated heterocycles. The standard InChI is InChI=1S/C19H28N2O3/c1-14-6-7-18(24-2)15(12-14)13-19(23)21-10-8-20(9-11-21)16-4-3-5-17(16)22/h6-7,12,16-17,22H,3-5,8-11,13H2,1-2H3. The fourth-order valence-electron chi connectivity index (χ4n) is 3.97. The first-order valence-corrected chi connectivity index (χ1v) is 8.92. The molecule has 0 spiro atoms. The summed E-state index contributed by atoms with van der Waals surface area (Å²) in [6, 6.07) is 6.25. The van der Waals surface area contributed by atoms with Gasteiger partial charge in [0.25, 0.3) is 0 Å². The number of benzene rings is 1. The van der Waals surface area contributed by atoms with Gasteiger partial charge in [0.1, 0.15) is 5.75 Å². The minimum absolute atomic E-state index is 0.158. The average Bonchev–Trinajstić information content (AvgIpc) is 3.01. The number of amides is 1. The Morgan fingerprint density at radius 3 is 2.62 bits per heavy atom. The lowest BCUT2D eigenvalue weighted by Gasteiger charge is -2.39. The summed E-state index contributed by atoms with van der Waals surface area (Å²) in [6.07, 6.45) is 3.30. The zero-order chi connectivity index (χ0) is 17.1. The molecule has 1 aromatic rings. The number of piperazine rings is 1. The molecule has 2 fully saturated rings. The molecular formula is C19H28N2O3. The number of aliphatic hydroxyl groups is 1. The highest BCUT2D eigenvalue weighted by Gasteiger charge is 2.33. The molecule has 1 aliphatic heterocycles. The van der Waals surface area contributed by atoms with E-state index in [4.69, 9.17) is 4.74 Å². The van der Waals surface area contributed by atoms with E-state index in [0.29, 0.717) is 12.5 Å². The summed E-state index contributed by atoms with van der Waals surface area (Å²) in [7, 11) is 1.64. The maximum absolute atomic E-state index is 12.6. The topological polar surface area (TPSA) is 53.0 Å². The largest absolute Gasteiger partial charge is 0.496 e. The van der Waals surface area contributed by atoms with E-state index in [9.17, 15) is 9.90 Å². The predicted octanol–water partition coefficient (Wildman–Crippen LogP) is 1.60. The van der Waals surface area contributed by atoms with Crippen LogP contribution in [-0.4, -0.2) is 66.2 Å². The molecule has 0 aromatic heterocycles. The molecule has 1 amide bonds. The van der Waals surface area contributed by atoms with Gasteiger partial charge in [0.15, 0.2) is 0 Å². The van der Waals surface area contributed by atoms with Crippen LogP contribution in [0.3, 0.4) is 0 Å². The average molecular weight is 332 g/mol. The van der Waals surface area contributed by atoms with Gasteiger partial charge in [-0.15, -0.1) is 0 Å². The van der Waals surface area contributed by atoms with E-state index in [1.807, 2.05) is 30.0 Å². The summed E-state index contributed by atoms with van der Waals surface area (Å²) < 4.78 is 5.38. The predicted molar refractivity (Wildman–Crippen MR) is 93.2 cm³/mol. The molecular weight excluding hydrogens is 304 g/mol. The second-order valence-electron chi connectivity index (χ2n) is 6.97. The SMILES string of the molecule is COc1ccc(C)cc1CC(=O)N1CCN(C2CCCC2O)CC1. The summed E-state index contributed by atoms with van der Waals surface area (Å²) >= 11 is 0. The van der Waals surface area contributed by atoms with Crippen molar-refractivity contribution in [3.8, 4) is 5.75 Å². The van der Waals surface area contributed by atoms with Gasteiger partial charge in [0.2, 0.25) is 5.91 Å². The second kappa shape index (κ2) is 7.53. The molecule has 1 aromatic carbocycles. The van der Waals surface area contributed by atoms with Crippen LogP contribution in [-0.2, 0) is 11.2 Å². The van der Waals surface area contributed by atoms with Crippen LogP contribution < -0.4 is 4.74 Å². The van der Waals surface area contributed by atoms with Crippen LogP contribution in [0.2, 0.25) is 0 Å². The van der Waals surface area contributed by atoms with Crippen molar-refractivity contribution < 1.29 is 14.6 Å². The van der Waals surface area contributed by atoms with Gasteiger partial charge < -0.3 is 14.7 Å². The van der Waals surface area contributed by atoms with Crippen LogP contribution in [0.1, 0.15) is 30.4 Å². The Morgan fingerprint density at radius 2 is 2.00 bits per heavy atom. The summed E-state index contributed by atoms with van der Waals surface area (Å²) in [5, 5.41) is 10.1. The van der Waals surface area contributed by atoms with E-state index in [-0.39, 0.29) is 12.0 Å². The monoisotopic (exact) mass is 332 g/mol. The van der Waals surface area contributed by atoms with Crippen molar-refractivity contribution in [3.05, 3.63) is 29.3 Å². The molecule has 0 bridgehead atoms. The normalized spacial score (nSPS) is 25.0. The van der Waals surface area contributed by atoms with Gasteiger partial charge in [-0.25, -0.2) is 0 Å². The van der Waals surface area contributed by atoms with Gasteiger partial charge in [-0.1, -0.05) is 17.7 Å². The minimum Gasteiger partial charge on any atom is -0.496 e. The number of carbonyl (C=O) groups is 1. The Morgan fingerprint density at radius 1 is 1.25 bits per heavy atom. The zero-order valence-electron chi connectivity index (χ0n) is 14.7. The van der Waals surface area contributed by atoms with Gasteiger partial charge >= 0.3 is 0 Å². The van der Waals surface area contributed by atoms with E-state index in [1.54, 1.807) is 7.11 Å². The first kappa shape index (κ1) is 17.2. The Bertz CT molecular complexity index is 582. The number of carbonyl (C=O) groups excluding carboxylic acids is 1. The van der Waals surface area contributed by atoms with Crippen LogP contribution in [0.15, 0.2) is 18.2 Å². The number of hydrogen-bond acceptors (Lipinski definition) is 4. The smallest absolute Gasteiger partial charge is 0.227 e. The number of aryl methyl sites for hydroxylation is 1. The van der Waals surface area contributed by atoms with Gasteiger partial charge in [-0.2, -0.15) is 0 Å². The van der Waals surface area contributed by atoms with Gasteiger partial charge in [-0.3, -0.25) is 9.69 Å². The summed E-state index contributed by atoms with van der Waals surface area (Å²) in [5.74, 6) is 0.937. The fraction of sp³-hybridized carbons (Fsp3) is 0.632. The number of ether oxygens (including phenoxy) is 1. The van der Waals surface area contributed by atoms with E-state index >= 15 is 0 Å². The molecule has 2 atom stereocenters. The third-order valence-electron chi connectivity index (χ3n) is 5.36. The quantitative estimate of drug-likeness (QED) is 0.910. The number of nitrogens with zero attached hydrogens (tertiary/aromatic N) is 2. The molecule has 3 rings (SSSR count). The fourth-order valence-corrected chi connectivity index (χ4v) is 3.97. The Hall–Kier alpha value is -1.59. The molecule has 0 radical (unpaired) electrons. The first-order valence-electron chi connectivity index (χ1n) is 8.92. The Kier molecular flexibility index (Phi) is 5.41. The lowest BCUT2D eigenvalue weighted by molar-refractivity contribution is -0.132. The highest BCUT2D eigenvalue weighted by molar-refractivity contribution is 5.79. The van der Waals surface area contributed by atoms with Crippen molar-refractivity contribution >= 4 is 5.91 Å². The molecule has 2 unspecified atom stereocenters. The van der Waals surface area contributed by atoms with Gasteiger partial charge in [0.05, 0.1) is 19.6 Å². The summed E-state index contributed by atoms with van der Waals surface area (Å²) in [6.45, 7) is 5.24. The molecule has 5 nitrogen and oxygen atoms in total. The van der Waals surface area contributed by atoms with Gasteiger partial charge in [-0.05, 0) is 32.3 Å². The highest BCUT2D eigenvalue weighted by Crippen LogP contribution is 2.25. The maximum atomic E-state index is 12.6. The number of methoxy groups -OCH3 is 1. The number of aliphatic hydroxyl groups excluding tert-OH is 1. The lowest BCUT2D eigenvalue weighted by Crippen LogP contribution is -2.53.